The van der Waals surface area contributed by atoms with E-state index in [1.807, 2.05) is 30.0 Å². The molecule has 0 bridgehead atoms. The monoisotopic (exact) mass is 304 g/mol. The Morgan fingerprint density at radius 3 is 3.00 bits per heavy atom. The lowest BCUT2D eigenvalue weighted by Crippen LogP contribution is -2.39. The van der Waals surface area contributed by atoms with Crippen LogP contribution < -0.4 is 11.1 Å². The highest BCUT2D eigenvalue weighted by molar-refractivity contribution is 7.99. The van der Waals surface area contributed by atoms with Crippen molar-refractivity contribution in [2.24, 2.45) is 0 Å². The molecule has 5 nitrogen and oxygen atoms in total. The zero-order chi connectivity index (χ0) is 14.7. The van der Waals surface area contributed by atoms with Gasteiger partial charge in [0.05, 0.1) is 5.56 Å². The van der Waals surface area contributed by atoms with Crippen LogP contribution in [0.4, 0.5) is 5.69 Å². The van der Waals surface area contributed by atoms with Crippen LogP contribution in [0, 0.1) is 0 Å². The number of hydrogen-bond acceptors (Lipinski definition) is 4. The number of amides is 1. The molecular formula is C15H20N4OS. The Bertz CT molecular complexity index is 634. The van der Waals surface area contributed by atoms with Gasteiger partial charge in [0.1, 0.15) is 0 Å². The summed E-state index contributed by atoms with van der Waals surface area (Å²) in [6.45, 7) is 3.82. The molecule has 0 unspecified atom stereocenters. The second-order valence-electron chi connectivity index (χ2n) is 5.22. The van der Waals surface area contributed by atoms with Crippen LogP contribution >= 0.6 is 11.8 Å². The number of nitrogens with two attached hydrogens (primary N) is 1. The number of thioether (sulfide) groups is 1. The molecule has 0 atom stereocenters. The van der Waals surface area contributed by atoms with Gasteiger partial charge in [-0.05, 0) is 18.2 Å². The van der Waals surface area contributed by atoms with Crippen molar-refractivity contribution in [3.05, 3.63) is 30.0 Å². The number of aromatic nitrogens is 1. The van der Waals surface area contributed by atoms with Crippen molar-refractivity contribution in [1.82, 2.24) is 15.2 Å². The molecule has 2 aromatic rings. The molecule has 1 amide bonds. The normalized spacial score (nSPS) is 16.2. The van der Waals surface area contributed by atoms with Gasteiger partial charge in [0, 0.05) is 60.5 Å². The van der Waals surface area contributed by atoms with Crippen LogP contribution in [-0.2, 0) is 0 Å². The predicted molar refractivity (Wildman–Crippen MR) is 88.8 cm³/mol. The second kappa shape index (κ2) is 6.41. The number of carbonyl (C=O) groups is 1. The molecule has 0 saturated carbocycles. The third-order valence-electron chi connectivity index (χ3n) is 3.77. The van der Waals surface area contributed by atoms with Gasteiger partial charge in [-0.25, -0.2) is 0 Å². The topological polar surface area (TPSA) is 74.1 Å². The summed E-state index contributed by atoms with van der Waals surface area (Å²) >= 11 is 1.99. The summed E-state index contributed by atoms with van der Waals surface area (Å²) in [5.74, 6) is 2.34. The Labute approximate surface area is 128 Å². The Morgan fingerprint density at radius 2 is 2.19 bits per heavy atom. The van der Waals surface area contributed by atoms with E-state index in [0.717, 1.165) is 30.5 Å². The summed E-state index contributed by atoms with van der Waals surface area (Å²) in [6, 6.07) is 5.56. The van der Waals surface area contributed by atoms with E-state index >= 15 is 0 Å². The minimum Gasteiger partial charge on any atom is -0.399 e. The van der Waals surface area contributed by atoms with Crippen LogP contribution in [0.1, 0.15) is 10.4 Å². The van der Waals surface area contributed by atoms with Crippen molar-refractivity contribution in [3.8, 4) is 0 Å². The van der Waals surface area contributed by atoms with E-state index in [2.05, 4.69) is 15.2 Å². The highest BCUT2D eigenvalue weighted by Gasteiger charge is 2.13. The molecule has 1 aromatic heterocycles. The van der Waals surface area contributed by atoms with Gasteiger partial charge in [-0.2, -0.15) is 11.8 Å². The molecule has 3 rings (SSSR count). The molecule has 1 saturated heterocycles. The van der Waals surface area contributed by atoms with Crippen LogP contribution in [0.15, 0.2) is 24.4 Å². The summed E-state index contributed by atoms with van der Waals surface area (Å²) in [4.78, 5) is 17.8. The number of benzene rings is 1. The van der Waals surface area contributed by atoms with E-state index in [-0.39, 0.29) is 5.91 Å². The predicted octanol–water partition coefficient (Wildman–Crippen LogP) is 1.53. The largest absolute Gasteiger partial charge is 0.399 e. The highest BCUT2D eigenvalue weighted by Crippen LogP contribution is 2.20. The molecule has 0 aliphatic carbocycles. The van der Waals surface area contributed by atoms with Crippen LogP contribution in [0.25, 0.3) is 10.9 Å². The summed E-state index contributed by atoms with van der Waals surface area (Å²) in [5, 5.41) is 3.87. The summed E-state index contributed by atoms with van der Waals surface area (Å²) < 4.78 is 0. The first-order chi connectivity index (χ1) is 10.2. The van der Waals surface area contributed by atoms with Crippen LogP contribution in [0.5, 0.6) is 0 Å². The minimum atomic E-state index is -0.0433. The number of rotatable bonds is 4. The van der Waals surface area contributed by atoms with Gasteiger partial charge in [0.25, 0.3) is 5.91 Å². The van der Waals surface area contributed by atoms with Crippen molar-refractivity contribution in [2.75, 3.05) is 43.4 Å². The average molecular weight is 304 g/mol. The Morgan fingerprint density at radius 1 is 1.38 bits per heavy atom. The summed E-state index contributed by atoms with van der Waals surface area (Å²) in [5.41, 5.74) is 8.06. The van der Waals surface area contributed by atoms with Gasteiger partial charge < -0.3 is 16.0 Å². The molecule has 0 spiro atoms. The Hall–Kier alpha value is -1.66. The molecule has 112 valence electrons. The van der Waals surface area contributed by atoms with E-state index in [9.17, 15) is 4.79 Å². The quantitative estimate of drug-likeness (QED) is 0.749. The molecule has 1 aromatic carbocycles. The van der Waals surface area contributed by atoms with Gasteiger partial charge in [0.15, 0.2) is 0 Å². The number of H-pyrrole nitrogens is 1. The first-order valence-electron chi connectivity index (χ1n) is 7.19. The maximum absolute atomic E-state index is 12.3. The Kier molecular flexibility index (Phi) is 4.36. The average Bonchev–Trinajstić information content (AvgIpc) is 2.91. The van der Waals surface area contributed by atoms with Crippen molar-refractivity contribution in [2.45, 2.75) is 0 Å². The molecule has 0 radical (unpaired) electrons. The number of nitrogens with zero attached hydrogens (tertiary/aromatic N) is 1. The zero-order valence-electron chi connectivity index (χ0n) is 11.9. The molecule has 1 aliphatic rings. The number of hydrogen-bond donors (Lipinski definition) is 3. The summed E-state index contributed by atoms with van der Waals surface area (Å²) in [7, 11) is 0. The lowest BCUT2D eigenvalue weighted by Gasteiger charge is -2.25. The lowest BCUT2D eigenvalue weighted by molar-refractivity contribution is 0.0950. The summed E-state index contributed by atoms with van der Waals surface area (Å²) in [6.07, 6.45) is 1.75. The number of aromatic amines is 1. The number of fused-ring (bicyclic) bond motifs is 1. The molecule has 1 aliphatic heterocycles. The fourth-order valence-electron chi connectivity index (χ4n) is 2.57. The fourth-order valence-corrected chi connectivity index (χ4v) is 3.55. The van der Waals surface area contributed by atoms with Gasteiger partial charge in [-0.3, -0.25) is 9.69 Å². The third kappa shape index (κ3) is 3.33. The van der Waals surface area contributed by atoms with Crippen LogP contribution in [0.3, 0.4) is 0 Å². The Balaban J connectivity index is 1.60. The maximum atomic E-state index is 12.3. The number of nitrogen functional groups attached to an aromatic ring is 1. The van der Waals surface area contributed by atoms with E-state index < -0.39 is 0 Å². The van der Waals surface area contributed by atoms with E-state index in [4.69, 9.17) is 5.73 Å². The number of anilines is 1. The molecule has 21 heavy (non-hydrogen) atoms. The van der Waals surface area contributed by atoms with Gasteiger partial charge in [-0.15, -0.1) is 0 Å². The molecular weight excluding hydrogens is 284 g/mol. The first kappa shape index (κ1) is 14.3. The standard InChI is InChI=1S/C15H20N4OS/c16-11-1-2-14-12(9-11)13(10-18-14)15(20)17-3-4-19-5-7-21-8-6-19/h1-2,9-10,18H,3-8,16H2,(H,17,20). The van der Waals surface area contributed by atoms with Gasteiger partial charge in [0.2, 0.25) is 0 Å². The fraction of sp³-hybridized carbons (Fsp3) is 0.400. The lowest BCUT2D eigenvalue weighted by atomic mass is 10.1. The second-order valence-corrected chi connectivity index (χ2v) is 6.44. The maximum Gasteiger partial charge on any atom is 0.253 e. The van der Waals surface area contributed by atoms with Crippen LogP contribution in [-0.4, -0.2) is 53.5 Å². The zero-order valence-corrected chi connectivity index (χ0v) is 12.7. The third-order valence-corrected chi connectivity index (χ3v) is 4.71. The SMILES string of the molecule is Nc1ccc2[nH]cc(C(=O)NCCN3CCSCC3)c2c1. The first-order valence-corrected chi connectivity index (χ1v) is 8.34. The van der Waals surface area contributed by atoms with E-state index in [0.29, 0.717) is 17.8 Å². The highest BCUT2D eigenvalue weighted by atomic mass is 32.2. The van der Waals surface area contributed by atoms with E-state index in [1.54, 1.807) is 6.20 Å². The van der Waals surface area contributed by atoms with Crippen molar-refractivity contribution >= 4 is 34.3 Å². The van der Waals surface area contributed by atoms with Gasteiger partial charge >= 0.3 is 0 Å². The van der Waals surface area contributed by atoms with Crippen molar-refractivity contribution < 1.29 is 4.79 Å². The number of carbonyl (C=O) groups excluding carboxylic acids is 1. The van der Waals surface area contributed by atoms with Crippen molar-refractivity contribution in [3.63, 3.8) is 0 Å². The smallest absolute Gasteiger partial charge is 0.253 e. The van der Waals surface area contributed by atoms with Gasteiger partial charge in [-0.1, -0.05) is 0 Å². The molecule has 4 N–H and O–H groups in total. The van der Waals surface area contributed by atoms with Crippen molar-refractivity contribution in [1.29, 1.82) is 0 Å². The van der Waals surface area contributed by atoms with E-state index in [1.165, 1.54) is 11.5 Å². The molecule has 6 heteroatoms. The van der Waals surface area contributed by atoms with Crippen LogP contribution in [0.2, 0.25) is 0 Å². The molecule has 2 heterocycles. The molecule has 1 fully saturated rings. The number of nitrogens with one attached hydrogen (secondary N) is 2. The minimum absolute atomic E-state index is 0.0433.